The molecule has 6 nitrogen and oxygen atoms in total. The quantitative estimate of drug-likeness (QED) is 0.391. The minimum atomic E-state index is -0.864. The van der Waals surface area contributed by atoms with Crippen LogP contribution in [-0.4, -0.2) is 34.8 Å². The Bertz CT molecular complexity index is 839. The van der Waals surface area contributed by atoms with Crippen LogP contribution in [0.25, 0.3) is 10.2 Å². The molecule has 0 aliphatic heterocycles. The second kappa shape index (κ2) is 8.72. The number of nitrogens with one attached hydrogen (secondary N) is 1. The Labute approximate surface area is 166 Å². The largest absolute Gasteiger partial charge is 0.456 e. The number of hydrogen-bond acceptors (Lipinski definition) is 7. The van der Waals surface area contributed by atoms with Gasteiger partial charge in [-0.15, -0.1) is 11.3 Å². The second-order valence-corrected chi connectivity index (χ2v) is 9.07. The zero-order valence-electron chi connectivity index (χ0n) is 15.1. The molecule has 1 fully saturated rings. The zero-order valence-corrected chi connectivity index (χ0v) is 16.7. The highest BCUT2D eigenvalue weighted by Gasteiger charge is 2.43. The summed E-state index contributed by atoms with van der Waals surface area (Å²) in [5.74, 6) is 0.125. The lowest BCUT2D eigenvalue weighted by molar-refractivity contribution is -0.148. The fourth-order valence-corrected chi connectivity index (χ4v) is 4.79. The molecule has 0 saturated heterocycles. The van der Waals surface area contributed by atoms with Crippen LogP contribution in [0.2, 0.25) is 0 Å². The highest BCUT2D eigenvalue weighted by atomic mass is 32.2. The molecule has 1 atom stereocenters. The second-order valence-electron chi connectivity index (χ2n) is 6.70. The first-order chi connectivity index (χ1) is 13.0. The van der Waals surface area contributed by atoms with Gasteiger partial charge in [0.2, 0.25) is 0 Å². The van der Waals surface area contributed by atoms with Gasteiger partial charge in [0, 0.05) is 12.2 Å². The van der Waals surface area contributed by atoms with Gasteiger partial charge >= 0.3 is 5.97 Å². The number of aromatic nitrogens is 1. The Balaban J connectivity index is 1.32. The third-order valence-corrected chi connectivity index (χ3v) is 6.68. The topological polar surface area (TPSA) is 92.1 Å². The Hall–Kier alpha value is -2.11. The van der Waals surface area contributed by atoms with Gasteiger partial charge in [-0.25, -0.2) is 4.98 Å². The molecule has 27 heavy (non-hydrogen) atoms. The lowest BCUT2D eigenvalue weighted by atomic mass is 9.98. The van der Waals surface area contributed by atoms with Gasteiger partial charge in [-0.1, -0.05) is 23.9 Å². The molecule has 3 rings (SSSR count). The fourth-order valence-electron chi connectivity index (χ4n) is 2.71. The first kappa shape index (κ1) is 19.6. The van der Waals surface area contributed by atoms with Crippen LogP contribution < -0.4 is 5.32 Å². The molecule has 1 aromatic carbocycles. The van der Waals surface area contributed by atoms with Gasteiger partial charge in [0.1, 0.15) is 5.54 Å². The van der Waals surface area contributed by atoms with Crippen molar-refractivity contribution in [3.63, 3.8) is 0 Å². The number of benzene rings is 1. The number of rotatable bonds is 9. The van der Waals surface area contributed by atoms with E-state index in [0.29, 0.717) is 6.42 Å². The van der Waals surface area contributed by atoms with Crippen LogP contribution in [0.3, 0.4) is 0 Å². The number of thiazole rings is 1. The highest BCUT2D eigenvalue weighted by molar-refractivity contribution is 8.01. The van der Waals surface area contributed by atoms with Crippen molar-refractivity contribution in [2.45, 2.75) is 42.5 Å². The molecule has 0 spiro atoms. The predicted octanol–water partition coefficient (Wildman–Crippen LogP) is 3.52. The molecule has 2 aromatic rings. The number of esters is 1. The molecule has 1 N–H and O–H groups in total. The Kier molecular flexibility index (Phi) is 6.34. The first-order valence-electron chi connectivity index (χ1n) is 8.86. The van der Waals surface area contributed by atoms with Crippen LogP contribution in [0.5, 0.6) is 0 Å². The minimum absolute atomic E-state index is 0.196. The number of hydrogen-bond donors (Lipinski definition) is 1. The van der Waals surface area contributed by atoms with Crippen LogP contribution in [0.15, 0.2) is 28.6 Å². The van der Waals surface area contributed by atoms with Crippen LogP contribution in [-0.2, 0) is 14.3 Å². The van der Waals surface area contributed by atoms with Crippen molar-refractivity contribution in [1.29, 1.82) is 5.26 Å². The van der Waals surface area contributed by atoms with Crippen molar-refractivity contribution in [2.24, 2.45) is 5.92 Å². The van der Waals surface area contributed by atoms with E-state index in [1.165, 1.54) is 0 Å². The summed E-state index contributed by atoms with van der Waals surface area (Å²) in [4.78, 5) is 28.2. The number of nitriles is 1. The molecule has 1 amide bonds. The molecule has 0 radical (unpaired) electrons. The SMILES string of the molecule is C[C@](C#N)(NC(=O)COC(=O)CCCSc1nc2ccccc2s1)C1CC1. The van der Waals surface area contributed by atoms with E-state index in [1.807, 2.05) is 24.3 Å². The minimum Gasteiger partial charge on any atom is -0.456 e. The van der Waals surface area contributed by atoms with E-state index in [9.17, 15) is 14.9 Å². The monoisotopic (exact) mass is 403 g/mol. The van der Waals surface area contributed by atoms with E-state index in [1.54, 1.807) is 30.0 Å². The Morgan fingerprint density at radius 2 is 2.22 bits per heavy atom. The van der Waals surface area contributed by atoms with Crippen LogP contribution in [0.1, 0.15) is 32.6 Å². The maximum absolute atomic E-state index is 11.9. The van der Waals surface area contributed by atoms with E-state index in [4.69, 9.17) is 4.74 Å². The van der Waals surface area contributed by atoms with E-state index >= 15 is 0 Å². The maximum atomic E-state index is 11.9. The van der Waals surface area contributed by atoms with Crippen molar-refractivity contribution in [3.05, 3.63) is 24.3 Å². The van der Waals surface area contributed by atoms with E-state index in [0.717, 1.165) is 33.2 Å². The van der Waals surface area contributed by atoms with Crippen molar-refractivity contribution in [1.82, 2.24) is 10.3 Å². The van der Waals surface area contributed by atoms with Crippen molar-refractivity contribution in [2.75, 3.05) is 12.4 Å². The molecule has 1 aliphatic carbocycles. The van der Waals surface area contributed by atoms with Crippen molar-refractivity contribution < 1.29 is 14.3 Å². The van der Waals surface area contributed by atoms with Crippen LogP contribution >= 0.6 is 23.1 Å². The number of carbonyl (C=O) groups is 2. The summed E-state index contributed by atoms with van der Waals surface area (Å²) in [6, 6.07) is 10.1. The standard InChI is InChI=1S/C19H21N3O3S2/c1-19(12-20,13-8-9-13)22-16(23)11-25-17(24)7-4-10-26-18-21-14-5-2-3-6-15(14)27-18/h2-3,5-6,13H,4,7-11H2,1H3,(H,22,23)/t19-/m1/s1. The summed E-state index contributed by atoms with van der Waals surface area (Å²) in [6.07, 6.45) is 2.79. The molecule has 8 heteroatoms. The Morgan fingerprint density at radius 3 is 2.93 bits per heavy atom. The number of carbonyl (C=O) groups excluding carboxylic acids is 2. The van der Waals surface area contributed by atoms with Crippen molar-refractivity contribution >= 4 is 45.2 Å². The molecule has 0 unspecified atom stereocenters. The third-order valence-electron chi connectivity index (χ3n) is 4.41. The lowest BCUT2D eigenvalue weighted by Gasteiger charge is -2.22. The number of nitrogens with zero attached hydrogens (tertiary/aromatic N) is 2. The molecular weight excluding hydrogens is 382 g/mol. The predicted molar refractivity (Wildman–Crippen MR) is 105 cm³/mol. The summed E-state index contributed by atoms with van der Waals surface area (Å²) in [7, 11) is 0. The highest BCUT2D eigenvalue weighted by Crippen LogP contribution is 2.39. The number of amides is 1. The number of thioether (sulfide) groups is 1. The van der Waals surface area contributed by atoms with Gasteiger partial charge in [-0.05, 0) is 44.2 Å². The maximum Gasteiger partial charge on any atom is 0.306 e. The molecular formula is C19H21N3O3S2. The normalized spacial score (nSPS) is 15.7. The summed E-state index contributed by atoms with van der Waals surface area (Å²) in [5.41, 5.74) is 0.128. The molecule has 0 bridgehead atoms. The summed E-state index contributed by atoms with van der Waals surface area (Å²) in [5, 5.41) is 11.9. The number of ether oxygens (including phenoxy) is 1. The van der Waals surface area contributed by atoms with E-state index in [2.05, 4.69) is 16.4 Å². The van der Waals surface area contributed by atoms with Crippen LogP contribution in [0.4, 0.5) is 0 Å². The first-order valence-corrected chi connectivity index (χ1v) is 10.7. The zero-order chi connectivity index (χ0) is 19.3. The van der Waals surface area contributed by atoms with E-state index in [-0.39, 0.29) is 18.9 Å². The average Bonchev–Trinajstić information content (AvgIpc) is 3.44. The average molecular weight is 404 g/mol. The number of para-hydroxylation sites is 1. The summed E-state index contributed by atoms with van der Waals surface area (Å²) >= 11 is 3.26. The fraction of sp³-hybridized carbons (Fsp3) is 0.474. The molecule has 1 heterocycles. The van der Waals surface area contributed by atoms with Gasteiger partial charge in [0.25, 0.3) is 5.91 Å². The number of fused-ring (bicyclic) bond motifs is 1. The van der Waals surface area contributed by atoms with Crippen LogP contribution in [0, 0.1) is 17.2 Å². The molecule has 1 aromatic heterocycles. The molecule has 1 aliphatic rings. The third kappa shape index (κ3) is 5.44. The van der Waals surface area contributed by atoms with Gasteiger partial charge in [-0.2, -0.15) is 5.26 Å². The van der Waals surface area contributed by atoms with Gasteiger partial charge in [0.15, 0.2) is 10.9 Å². The van der Waals surface area contributed by atoms with Gasteiger partial charge < -0.3 is 10.1 Å². The smallest absolute Gasteiger partial charge is 0.306 e. The molecule has 142 valence electrons. The van der Waals surface area contributed by atoms with Crippen molar-refractivity contribution in [3.8, 4) is 6.07 Å². The van der Waals surface area contributed by atoms with E-state index < -0.39 is 17.4 Å². The summed E-state index contributed by atoms with van der Waals surface area (Å²) in [6.45, 7) is 1.37. The lowest BCUT2D eigenvalue weighted by Crippen LogP contribution is -2.48. The van der Waals surface area contributed by atoms with Gasteiger partial charge in [0.05, 0.1) is 16.3 Å². The Morgan fingerprint density at radius 1 is 1.44 bits per heavy atom. The van der Waals surface area contributed by atoms with Gasteiger partial charge in [-0.3, -0.25) is 9.59 Å². The molecule has 1 saturated carbocycles. The summed E-state index contributed by atoms with van der Waals surface area (Å²) < 4.78 is 7.15.